The molecule has 4 rings (SSSR count). The van der Waals surface area contributed by atoms with E-state index in [0.717, 1.165) is 16.0 Å². The van der Waals surface area contributed by atoms with Crippen LogP contribution in [0.2, 0.25) is 0 Å². The van der Waals surface area contributed by atoms with Crippen LogP contribution in [0.25, 0.3) is 21.3 Å². The van der Waals surface area contributed by atoms with E-state index in [1.807, 2.05) is 56.5 Å². The maximum Gasteiger partial charge on any atom is 0.263 e. The van der Waals surface area contributed by atoms with Gasteiger partial charge in [0.25, 0.3) is 5.56 Å². The molecule has 7 heteroatoms. The number of fused-ring (bicyclic) bond motifs is 1. The van der Waals surface area contributed by atoms with Crippen LogP contribution in [-0.4, -0.2) is 21.1 Å². The standard InChI is InChI=1S/C24H25N3O3S/c1-4-21-26-23-22(18(14-31-23)16-8-6-5-7-9-16)24(29)27(21)12-17-10-19(28)20(11-25-17)30-13-15(2)3/h5-11,14-15H,4,12-13H2,1-3H3,(H,25,28). The van der Waals surface area contributed by atoms with E-state index in [1.165, 1.54) is 17.4 Å². The molecule has 1 aromatic carbocycles. The van der Waals surface area contributed by atoms with Gasteiger partial charge in [-0.3, -0.25) is 14.2 Å². The fourth-order valence-electron chi connectivity index (χ4n) is 3.46. The summed E-state index contributed by atoms with van der Waals surface area (Å²) < 4.78 is 7.21. The Balaban J connectivity index is 1.75. The molecule has 0 radical (unpaired) electrons. The van der Waals surface area contributed by atoms with E-state index in [9.17, 15) is 9.59 Å². The quantitative estimate of drug-likeness (QED) is 0.465. The molecule has 0 spiro atoms. The lowest BCUT2D eigenvalue weighted by atomic mass is 10.1. The molecular formula is C24H25N3O3S. The topological polar surface area (TPSA) is 77.0 Å². The van der Waals surface area contributed by atoms with Gasteiger partial charge in [-0.1, -0.05) is 51.1 Å². The zero-order chi connectivity index (χ0) is 22.0. The van der Waals surface area contributed by atoms with Gasteiger partial charge in [-0.05, 0) is 11.5 Å². The second kappa shape index (κ2) is 8.89. The second-order valence-electron chi connectivity index (χ2n) is 7.86. The molecule has 31 heavy (non-hydrogen) atoms. The SMILES string of the molecule is CCc1nc2scc(-c3ccccc3)c2c(=O)n1Cc1cc(=O)c(OCC(C)C)c[nH]1. The summed E-state index contributed by atoms with van der Waals surface area (Å²) in [4.78, 5) is 34.6. The third kappa shape index (κ3) is 4.32. The molecule has 0 amide bonds. The van der Waals surface area contributed by atoms with Crippen molar-refractivity contribution in [1.82, 2.24) is 14.5 Å². The summed E-state index contributed by atoms with van der Waals surface area (Å²) in [7, 11) is 0. The number of rotatable bonds is 7. The third-order valence-electron chi connectivity index (χ3n) is 5.01. The lowest BCUT2D eigenvalue weighted by Gasteiger charge is -2.13. The van der Waals surface area contributed by atoms with Gasteiger partial charge in [-0.15, -0.1) is 11.3 Å². The van der Waals surface area contributed by atoms with Gasteiger partial charge < -0.3 is 9.72 Å². The van der Waals surface area contributed by atoms with Crippen LogP contribution in [0.1, 0.15) is 32.3 Å². The summed E-state index contributed by atoms with van der Waals surface area (Å²) in [6.45, 7) is 6.75. The number of aromatic nitrogens is 3. The molecule has 0 aliphatic rings. The predicted octanol–water partition coefficient (Wildman–Crippen LogP) is 4.46. The van der Waals surface area contributed by atoms with Crippen LogP contribution in [0, 0.1) is 5.92 Å². The van der Waals surface area contributed by atoms with E-state index in [2.05, 4.69) is 4.98 Å². The van der Waals surface area contributed by atoms with Gasteiger partial charge in [-0.2, -0.15) is 0 Å². The molecule has 1 N–H and O–H groups in total. The highest BCUT2D eigenvalue weighted by Gasteiger charge is 2.17. The molecule has 0 atom stereocenters. The van der Waals surface area contributed by atoms with Gasteiger partial charge in [0.2, 0.25) is 5.43 Å². The van der Waals surface area contributed by atoms with Gasteiger partial charge in [0.15, 0.2) is 5.75 Å². The van der Waals surface area contributed by atoms with Crippen LogP contribution in [0.15, 0.2) is 57.6 Å². The van der Waals surface area contributed by atoms with E-state index in [-0.39, 0.29) is 17.5 Å². The third-order valence-corrected chi connectivity index (χ3v) is 5.88. The number of aromatic amines is 1. The minimum absolute atomic E-state index is 0.0945. The van der Waals surface area contributed by atoms with Crippen molar-refractivity contribution in [3.05, 3.63) is 80.1 Å². The Hall–Kier alpha value is -3.19. The zero-order valence-corrected chi connectivity index (χ0v) is 18.7. The predicted molar refractivity (Wildman–Crippen MR) is 125 cm³/mol. The highest BCUT2D eigenvalue weighted by atomic mass is 32.1. The minimum Gasteiger partial charge on any atom is -0.488 e. The monoisotopic (exact) mass is 435 g/mol. The molecule has 0 aliphatic heterocycles. The van der Waals surface area contributed by atoms with Crippen LogP contribution >= 0.6 is 11.3 Å². The van der Waals surface area contributed by atoms with Crippen molar-refractivity contribution in [2.75, 3.05) is 6.61 Å². The summed E-state index contributed by atoms with van der Waals surface area (Å²) in [6.07, 6.45) is 2.19. The number of benzene rings is 1. The van der Waals surface area contributed by atoms with E-state index in [1.54, 1.807) is 10.8 Å². The van der Waals surface area contributed by atoms with Crippen molar-refractivity contribution < 1.29 is 4.74 Å². The Labute approximate surface area is 184 Å². The first-order chi connectivity index (χ1) is 15.0. The first-order valence-corrected chi connectivity index (χ1v) is 11.3. The number of aryl methyl sites for hydroxylation is 1. The zero-order valence-electron chi connectivity index (χ0n) is 17.8. The summed E-state index contributed by atoms with van der Waals surface area (Å²) in [6, 6.07) is 11.3. The molecule has 0 bridgehead atoms. The highest BCUT2D eigenvalue weighted by Crippen LogP contribution is 2.31. The average Bonchev–Trinajstić information content (AvgIpc) is 3.19. The maximum absolute atomic E-state index is 13.5. The normalized spacial score (nSPS) is 11.4. The molecule has 0 saturated carbocycles. The number of nitrogens with zero attached hydrogens (tertiary/aromatic N) is 2. The number of ether oxygens (including phenoxy) is 1. The summed E-state index contributed by atoms with van der Waals surface area (Å²) in [5, 5.41) is 2.61. The first kappa shape index (κ1) is 21.1. The maximum atomic E-state index is 13.5. The average molecular weight is 436 g/mol. The van der Waals surface area contributed by atoms with Gasteiger partial charge >= 0.3 is 0 Å². The number of hydrogen-bond acceptors (Lipinski definition) is 5. The molecule has 3 aromatic heterocycles. The molecule has 6 nitrogen and oxygen atoms in total. The smallest absolute Gasteiger partial charge is 0.263 e. The van der Waals surface area contributed by atoms with Crippen molar-refractivity contribution in [3.8, 4) is 16.9 Å². The Kier molecular flexibility index (Phi) is 6.04. The van der Waals surface area contributed by atoms with E-state index in [0.29, 0.717) is 41.6 Å². The van der Waals surface area contributed by atoms with Crippen molar-refractivity contribution >= 4 is 21.6 Å². The van der Waals surface area contributed by atoms with Gasteiger partial charge in [0.05, 0.1) is 18.5 Å². The first-order valence-electron chi connectivity index (χ1n) is 10.4. The van der Waals surface area contributed by atoms with E-state index in [4.69, 9.17) is 9.72 Å². The fraction of sp³-hybridized carbons (Fsp3) is 0.292. The lowest BCUT2D eigenvalue weighted by Crippen LogP contribution is -2.26. The van der Waals surface area contributed by atoms with Gasteiger partial charge in [-0.25, -0.2) is 4.98 Å². The largest absolute Gasteiger partial charge is 0.488 e. The Morgan fingerprint density at radius 2 is 1.97 bits per heavy atom. The Morgan fingerprint density at radius 1 is 1.19 bits per heavy atom. The van der Waals surface area contributed by atoms with Crippen LogP contribution in [0.3, 0.4) is 0 Å². The summed E-state index contributed by atoms with van der Waals surface area (Å²) >= 11 is 1.48. The second-order valence-corrected chi connectivity index (χ2v) is 8.72. The van der Waals surface area contributed by atoms with Crippen LogP contribution in [0.5, 0.6) is 5.75 Å². The van der Waals surface area contributed by atoms with Crippen LogP contribution in [0.4, 0.5) is 0 Å². The molecule has 0 fully saturated rings. The molecule has 0 saturated heterocycles. The Morgan fingerprint density at radius 3 is 2.65 bits per heavy atom. The van der Waals surface area contributed by atoms with E-state index < -0.39 is 0 Å². The lowest BCUT2D eigenvalue weighted by molar-refractivity contribution is 0.267. The summed E-state index contributed by atoms with van der Waals surface area (Å²) in [5.74, 6) is 1.31. The van der Waals surface area contributed by atoms with Crippen molar-refractivity contribution in [1.29, 1.82) is 0 Å². The van der Waals surface area contributed by atoms with E-state index >= 15 is 0 Å². The Bertz CT molecular complexity index is 1320. The number of pyridine rings is 1. The van der Waals surface area contributed by atoms with Crippen LogP contribution in [-0.2, 0) is 13.0 Å². The van der Waals surface area contributed by atoms with Crippen molar-refractivity contribution in [2.24, 2.45) is 5.92 Å². The minimum atomic E-state index is -0.199. The number of hydrogen-bond donors (Lipinski definition) is 1. The molecule has 0 unspecified atom stereocenters. The fourth-order valence-corrected chi connectivity index (χ4v) is 4.42. The van der Waals surface area contributed by atoms with Gasteiger partial charge in [0, 0.05) is 35.3 Å². The van der Waals surface area contributed by atoms with Crippen molar-refractivity contribution in [2.45, 2.75) is 33.7 Å². The molecular weight excluding hydrogens is 410 g/mol. The summed E-state index contributed by atoms with van der Waals surface area (Å²) in [5.41, 5.74) is 2.22. The number of nitrogens with one attached hydrogen (secondary N) is 1. The number of H-pyrrole nitrogens is 1. The molecule has 0 aliphatic carbocycles. The molecule has 3 heterocycles. The molecule has 4 aromatic rings. The van der Waals surface area contributed by atoms with Gasteiger partial charge in [0.1, 0.15) is 10.7 Å². The number of thiophene rings is 1. The molecule has 160 valence electrons. The highest BCUT2D eigenvalue weighted by molar-refractivity contribution is 7.17. The van der Waals surface area contributed by atoms with Crippen LogP contribution < -0.4 is 15.7 Å². The van der Waals surface area contributed by atoms with Crippen molar-refractivity contribution in [3.63, 3.8) is 0 Å².